The summed E-state index contributed by atoms with van der Waals surface area (Å²) in [4.78, 5) is 12.8. The van der Waals surface area contributed by atoms with Gasteiger partial charge in [-0.05, 0) is 63.1 Å². The van der Waals surface area contributed by atoms with Crippen LogP contribution in [0.5, 0.6) is 5.75 Å². The molecule has 0 saturated carbocycles. The quantitative estimate of drug-likeness (QED) is 0.702. The molecule has 0 fully saturated rings. The van der Waals surface area contributed by atoms with E-state index in [1.165, 1.54) is 10.4 Å². The number of hydrogen-bond acceptors (Lipinski definition) is 4. The summed E-state index contributed by atoms with van der Waals surface area (Å²) in [5.41, 5.74) is 3.19. The number of rotatable bonds is 8. The van der Waals surface area contributed by atoms with Crippen LogP contribution >= 0.6 is 0 Å². The van der Waals surface area contributed by atoms with Crippen LogP contribution < -0.4 is 10.1 Å². The van der Waals surface area contributed by atoms with Crippen molar-refractivity contribution >= 4 is 21.6 Å². The van der Waals surface area contributed by atoms with Crippen LogP contribution in [0, 0.1) is 20.8 Å². The molecule has 0 saturated heterocycles. The van der Waals surface area contributed by atoms with Gasteiger partial charge in [0.15, 0.2) is 6.10 Å². The van der Waals surface area contributed by atoms with Crippen molar-refractivity contribution in [2.75, 3.05) is 18.4 Å². The number of anilines is 1. The summed E-state index contributed by atoms with van der Waals surface area (Å²) in [6.07, 6.45) is -0.736. The van der Waals surface area contributed by atoms with Crippen molar-refractivity contribution in [1.82, 2.24) is 4.31 Å². The standard InChI is InChI=1S/C22H30N2O4S/c1-7-24(8-2)29(26,27)20-13-16(4)17(5)21(14-20)23-22(25)18(6)28-19-11-9-15(3)10-12-19/h9-14,18H,7-8H2,1-6H3,(H,23,25). The predicted octanol–water partition coefficient (Wildman–Crippen LogP) is 4.05. The minimum Gasteiger partial charge on any atom is -0.481 e. The second-order valence-corrected chi connectivity index (χ2v) is 9.00. The summed E-state index contributed by atoms with van der Waals surface area (Å²) in [5.74, 6) is 0.259. The molecule has 158 valence electrons. The fourth-order valence-corrected chi connectivity index (χ4v) is 4.50. The molecule has 29 heavy (non-hydrogen) atoms. The Kier molecular flexibility index (Phi) is 7.43. The molecule has 1 amide bonds. The smallest absolute Gasteiger partial charge is 0.265 e. The van der Waals surface area contributed by atoms with E-state index in [4.69, 9.17) is 4.74 Å². The number of carbonyl (C=O) groups is 1. The normalized spacial score (nSPS) is 12.7. The lowest BCUT2D eigenvalue weighted by atomic mass is 10.1. The molecule has 0 heterocycles. The molecule has 1 unspecified atom stereocenters. The molecule has 2 rings (SSSR count). The Hall–Kier alpha value is -2.38. The van der Waals surface area contributed by atoms with Crippen LogP contribution in [0.15, 0.2) is 41.3 Å². The van der Waals surface area contributed by atoms with Gasteiger partial charge in [0.05, 0.1) is 4.90 Å². The van der Waals surface area contributed by atoms with Crippen molar-refractivity contribution in [1.29, 1.82) is 0 Å². The van der Waals surface area contributed by atoms with Crippen molar-refractivity contribution in [3.8, 4) is 5.75 Å². The largest absolute Gasteiger partial charge is 0.481 e. The van der Waals surface area contributed by atoms with Gasteiger partial charge in [-0.1, -0.05) is 31.5 Å². The molecule has 0 aliphatic heterocycles. The van der Waals surface area contributed by atoms with Gasteiger partial charge in [-0.15, -0.1) is 0 Å². The van der Waals surface area contributed by atoms with Crippen LogP contribution in [0.3, 0.4) is 0 Å². The van der Waals surface area contributed by atoms with E-state index in [-0.39, 0.29) is 10.8 Å². The fourth-order valence-electron chi connectivity index (χ4n) is 2.93. The lowest BCUT2D eigenvalue weighted by Gasteiger charge is -2.21. The van der Waals surface area contributed by atoms with Crippen LogP contribution in [0.4, 0.5) is 5.69 Å². The zero-order valence-corrected chi connectivity index (χ0v) is 18.8. The molecular formula is C22H30N2O4S. The molecule has 0 aliphatic carbocycles. The highest BCUT2D eigenvalue weighted by Crippen LogP contribution is 2.26. The summed E-state index contributed by atoms with van der Waals surface area (Å²) < 4.78 is 32.9. The van der Waals surface area contributed by atoms with Crippen LogP contribution in [0.1, 0.15) is 37.5 Å². The number of nitrogens with zero attached hydrogens (tertiary/aromatic N) is 1. The zero-order valence-electron chi connectivity index (χ0n) is 17.9. The SMILES string of the molecule is CCN(CC)S(=O)(=O)c1cc(C)c(C)c(NC(=O)C(C)Oc2ccc(C)cc2)c1. The number of nitrogens with one attached hydrogen (secondary N) is 1. The summed E-state index contributed by atoms with van der Waals surface area (Å²) in [6, 6.07) is 10.6. The van der Waals surface area contributed by atoms with E-state index in [0.29, 0.717) is 24.5 Å². The molecule has 1 atom stereocenters. The zero-order chi connectivity index (χ0) is 21.8. The van der Waals surface area contributed by atoms with Crippen LogP contribution in [-0.2, 0) is 14.8 Å². The Balaban J connectivity index is 2.26. The molecule has 0 radical (unpaired) electrons. The predicted molar refractivity (Wildman–Crippen MR) is 116 cm³/mol. The molecule has 0 bridgehead atoms. The van der Waals surface area contributed by atoms with E-state index in [9.17, 15) is 13.2 Å². The highest BCUT2D eigenvalue weighted by molar-refractivity contribution is 7.89. The molecular weight excluding hydrogens is 388 g/mol. The molecule has 7 heteroatoms. The number of benzene rings is 2. The molecule has 1 N–H and O–H groups in total. The molecule has 2 aromatic carbocycles. The van der Waals surface area contributed by atoms with E-state index in [0.717, 1.165) is 16.7 Å². The first-order valence-corrected chi connectivity index (χ1v) is 11.2. The summed E-state index contributed by atoms with van der Waals surface area (Å²) in [7, 11) is -3.62. The lowest BCUT2D eigenvalue weighted by molar-refractivity contribution is -0.122. The summed E-state index contributed by atoms with van der Waals surface area (Å²) >= 11 is 0. The Bertz CT molecular complexity index is 965. The molecule has 6 nitrogen and oxygen atoms in total. The van der Waals surface area contributed by atoms with Gasteiger partial charge in [0.1, 0.15) is 5.75 Å². The monoisotopic (exact) mass is 418 g/mol. The second kappa shape index (κ2) is 9.41. The number of sulfonamides is 1. The Morgan fingerprint density at radius 1 is 1.07 bits per heavy atom. The minimum atomic E-state index is -3.62. The van der Waals surface area contributed by atoms with E-state index in [2.05, 4.69) is 5.32 Å². The minimum absolute atomic E-state index is 0.173. The van der Waals surface area contributed by atoms with E-state index in [1.54, 1.807) is 26.8 Å². The van der Waals surface area contributed by atoms with Gasteiger partial charge in [-0.25, -0.2) is 8.42 Å². The highest BCUT2D eigenvalue weighted by Gasteiger charge is 2.24. The third kappa shape index (κ3) is 5.36. The highest BCUT2D eigenvalue weighted by atomic mass is 32.2. The van der Waals surface area contributed by atoms with Crippen molar-refractivity contribution in [2.24, 2.45) is 0 Å². The Morgan fingerprint density at radius 3 is 2.21 bits per heavy atom. The van der Waals surface area contributed by atoms with Crippen molar-refractivity contribution in [3.63, 3.8) is 0 Å². The number of hydrogen-bond donors (Lipinski definition) is 1. The molecule has 2 aromatic rings. The first kappa shape index (κ1) is 22.9. The lowest BCUT2D eigenvalue weighted by Crippen LogP contribution is -2.32. The van der Waals surface area contributed by atoms with Gasteiger partial charge in [0.2, 0.25) is 10.0 Å². The Morgan fingerprint density at radius 2 is 1.66 bits per heavy atom. The summed E-state index contributed by atoms with van der Waals surface area (Å²) in [6.45, 7) is 11.7. The summed E-state index contributed by atoms with van der Waals surface area (Å²) in [5, 5.41) is 2.82. The van der Waals surface area contributed by atoms with Crippen LogP contribution in [0.25, 0.3) is 0 Å². The van der Waals surface area contributed by atoms with Gasteiger partial charge >= 0.3 is 0 Å². The number of carbonyl (C=O) groups excluding carboxylic acids is 1. The number of aryl methyl sites for hydroxylation is 2. The van der Waals surface area contributed by atoms with Crippen molar-refractivity contribution in [3.05, 3.63) is 53.1 Å². The number of amides is 1. The van der Waals surface area contributed by atoms with E-state index in [1.807, 2.05) is 45.0 Å². The molecule has 0 aromatic heterocycles. The average molecular weight is 419 g/mol. The Labute approximate surface area is 173 Å². The van der Waals surface area contributed by atoms with Crippen molar-refractivity contribution < 1.29 is 17.9 Å². The first-order valence-electron chi connectivity index (χ1n) is 9.75. The van der Waals surface area contributed by atoms with Gasteiger partial charge in [-0.2, -0.15) is 4.31 Å². The molecule has 0 spiro atoms. The van der Waals surface area contributed by atoms with Gasteiger partial charge in [0, 0.05) is 18.8 Å². The van der Waals surface area contributed by atoms with Gasteiger partial charge in [0.25, 0.3) is 5.91 Å². The average Bonchev–Trinajstić information content (AvgIpc) is 2.67. The van der Waals surface area contributed by atoms with Crippen LogP contribution in [0.2, 0.25) is 0 Å². The maximum absolute atomic E-state index is 12.9. The van der Waals surface area contributed by atoms with E-state index < -0.39 is 16.1 Å². The van der Waals surface area contributed by atoms with Crippen LogP contribution in [-0.4, -0.2) is 37.8 Å². The maximum Gasteiger partial charge on any atom is 0.265 e. The maximum atomic E-state index is 12.9. The fraction of sp³-hybridized carbons (Fsp3) is 0.409. The van der Waals surface area contributed by atoms with Crippen molar-refractivity contribution in [2.45, 2.75) is 52.5 Å². The topological polar surface area (TPSA) is 75.7 Å². The van der Waals surface area contributed by atoms with E-state index >= 15 is 0 Å². The molecule has 0 aliphatic rings. The first-order chi connectivity index (χ1) is 13.6. The van der Waals surface area contributed by atoms with Gasteiger partial charge in [-0.3, -0.25) is 4.79 Å². The number of ether oxygens (including phenoxy) is 1. The third-order valence-corrected chi connectivity index (χ3v) is 6.97. The van der Waals surface area contributed by atoms with Gasteiger partial charge < -0.3 is 10.1 Å². The third-order valence-electron chi connectivity index (χ3n) is 4.95. The second-order valence-electron chi connectivity index (χ2n) is 7.06.